The number of benzene rings is 2. The number of halogens is 1. The summed E-state index contributed by atoms with van der Waals surface area (Å²) in [4.78, 5) is 34.0. The summed E-state index contributed by atoms with van der Waals surface area (Å²) in [6, 6.07) is 20.9. The highest BCUT2D eigenvalue weighted by Gasteiger charge is 2.42. The average molecular weight is 536 g/mol. The van der Waals surface area contributed by atoms with Crippen molar-refractivity contribution < 1.29 is 19.1 Å². The Morgan fingerprint density at radius 3 is 2.53 bits per heavy atom. The molecule has 1 aliphatic rings. The number of pyridine rings is 1. The van der Waals surface area contributed by atoms with E-state index in [1.165, 1.54) is 0 Å². The van der Waals surface area contributed by atoms with Crippen LogP contribution < -0.4 is 4.74 Å². The molecule has 4 rings (SSSR count). The average Bonchev–Trinajstić information content (AvgIpc) is 2.94. The van der Waals surface area contributed by atoms with Crippen molar-refractivity contribution in [3.63, 3.8) is 0 Å². The molecule has 3 aromatic rings. The molecule has 1 fully saturated rings. The van der Waals surface area contributed by atoms with Gasteiger partial charge in [0.1, 0.15) is 18.0 Å². The Bertz CT molecular complexity index is 1180. The third kappa shape index (κ3) is 8.04. The Morgan fingerprint density at radius 1 is 1.05 bits per heavy atom. The van der Waals surface area contributed by atoms with Crippen molar-refractivity contribution in [3.8, 4) is 5.75 Å². The van der Waals surface area contributed by atoms with E-state index in [1.54, 1.807) is 48.6 Å². The van der Waals surface area contributed by atoms with Crippen molar-refractivity contribution in [2.45, 2.75) is 37.8 Å². The van der Waals surface area contributed by atoms with Crippen LogP contribution >= 0.6 is 11.6 Å². The van der Waals surface area contributed by atoms with Gasteiger partial charge in [-0.25, -0.2) is 0 Å². The molecule has 2 heterocycles. The maximum absolute atomic E-state index is 13.3. The maximum atomic E-state index is 13.3. The van der Waals surface area contributed by atoms with Gasteiger partial charge in [-0.15, -0.1) is 0 Å². The van der Waals surface area contributed by atoms with Crippen LogP contribution in [0.4, 0.5) is 0 Å². The van der Waals surface area contributed by atoms with Crippen molar-refractivity contribution >= 4 is 23.4 Å². The van der Waals surface area contributed by atoms with E-state index in [0.29, 0.717) is 43.4 Å². The quantitative estimate of drug-likeness (QED) is 0.353. The molecule has 0 saturated carbocycles. The fraction of sp³-hybridized carbons (Fsp3) is 0.367. The summed E-state index contributed by atoms with van der Waals surface area (Å²) in [7, 11) is 1.79. The topological polar surface area (TPSA) is 72.0 Å². The lowest BCUT2D eigenvalue weighted by atomic mass is 9.96. The molecule has 38 heavy (non-hydrogen) atoms. The monoisotopic (exact) mass is 535 g/mol. The van der Waals surface area contributed by atoms with Gasteiger partial charge < -0.3 is 19.3 Å². The minimum Gasteiger partial charge on any atom is -0.490 e. The molecule has 1 aromatic heterocycles. The van der Waals surface area contributed by atoms with Gasteiger partial charge in [0.15, 0.2) is 0 Å². The molecule has 7 nitrogen and oxygen atoms in total. The molecule has 0 N–H and O–H groups in total. The molecule has 1 atom stereocenters. The van der Waals surface area contributed by atoms with Gasteiger partial charge in [-0.3, -0.25) is 14.6 Å². The normalized spacial score (nSPS) is 17.2. The van der Waals surface area contributed by atoms with Gasteiger partial charge in [-0.1, -0.05) is 41.9 Å². The van der Waals surface area contributed by atoms with Gasteiger partial charge in [-0.2, -0.15) is 0 Å². The first kappa shape index (κ1) is 27.6. The lowest BCUT2D eigenvalue weighted by Gasteiger charge is -2.42. The lowest BCUT2D eigenvalue weighted by molar-refractivity contribution is -0.165. The van der Waals surface area contributed by atoms with Crippen LogP contribution in [0.15, 0.2) is 79.1 Å². The number of hydrogen-bond acceptors (Lipinski definition) is 5. The minimum atomic E-state index is -0.958. The summed E-state index contributed by atoms with van der Waals surface area (Å²) in [5.74, 6) is 0.618. The number of carbonyl (C=O) groups excluding carboxylic acids is 2. The van der Waals surface area contributed by atoms with Crippen molar-refractivity contribution in [3.05, 3.63) is 95.3 Å². The highest BCUT2D eigenvalue weighted by atomic mass is 35.5. The van der Waals surface area contributed by atoms with Crippen LogP contribution in [0, 0.1) is 0 Å². The van der Waals surface area contributed by atoms with E-state index in [4.69, 9.17) is 21.1 Å². The summed E-state index contributed by atoms with van der Waals surface area (Å²) >= 11 is 6.02. The van der Waals surface area contributed by atoms with E-state index in [9.17, 15) is 9.59 Å². The van der Waals surface area contributed by atoms with Gasteiger partial charge >= 0.3 is 0 Å². The third-order valence-corrected chi connectivity index (χ3v) is 6.94. The molecule has 2 amide bonds. The number of carbonyl (C=O) groups is 2. The summed E-state index contributed by atoms with van der Waals surface area (Å²) in [6.07, 6.45) is 5.61. The number of amides is 2. The van der Waals surface area contributed by atoms with Gasteiger partial charge in [0.05, 0.1) is 19.6 Å². The molecule has 200 valence electrons. The van der Waals surface area contributed by atoms with Gasteiger partial charge in [0, 0.05) is 44.0 Å². The van der Waals surface area contributed by atoms with E-state index < -0.39 is 5.60 Å². The van der Waals surface area contributed by atoms with E-state index >= 15 is 0 Å². The molecule has 2 aromatic carbocycles. The van der Waals surface area contributed by atoms with Gasteiger partial charge in [0.2, 0.25) is 11.8 Å². The number of ether oxygens (including phenoxy) is 2. The second-order valence-corrected chi connectivity index (χ2v) is 10.1. The number of nitrogens with zero attached hydrogens (tertiary/aromatic N) is 3. The predicted molar refractivity (Wildman–Crippen MR) is 147 cm³/mol. The smallest absolute Gasteiger partial charge is 0.225 e. The number of aryl methyl sites for hydroxylation is 1. The third-order valence-electron chi connectivity index (χ3n) is 6.68. The number of hydrogen-bond donors (Lipinski definition) is 0. The van der Waals surface area contributed by atoms with Crippen LogP contribution in [-0.4, -0.2) is 65.6 Å². The predicted octanol–water partition coefficient (Wildman–Crippen LogP) is 4.78. The molecule has 1 unspecified atom stereocenters. The number of morpholine rings is 1. The molecule has 1 saturated heterocycles. The van der Waals surface area contributed by atoms with Crippen LogP contribution in [0.1, 0.15) is 30.4 Å². The first-order valence-electron chi connectivity index (χ1n) is 12.9. The van der Waals surface area contributed by atoms with Crippen LogP contribution in [0.3, 0.4) is 0 Å². The summed E-state index contributed by atoms with van der Waals surface area (Å²) in [5.41, 5.74) is 1.25. The summed E-state index contributed by atoms with van der Waals surface area (Å²) in [6.45, 7) is 1.76. The number of rotatable bonds is 11. The zero-order valence-electron chi connectivity index (χ0n) is 21.7. The molecular weight excluding hydrogens is 502 g/mol. The standard InChI is InChI=1S/C30H34ClN3O4/c1-33(21-25-6-3-2-4-7-25)29(36)20-30(23-37-27-12-10-26(31)11-13-27)22-34(18-19-38-30)28(35)9-5-8-24-14-16-32-17-15-24/h2-4,6-7,10-17H,5,8-9,18-23H2,1H3. The zero-order valence-corrected chi connectivity index (χ0v) is 22.5. The Balaban J connectivity index is 1.42. The van der Waals surface area contributed by atoms with Crippen molar-refractivity contribution in [1.82, 2.24) is 14.8 Å². The largest absolute Gasteiger partial charge is 0.490 e. The maximum Gasteiger partial charge on any atom is 0.225 e. The zero-order chi connectivity index (χ0) is 26.8. The van der Waals surface area contributed by atoms with E-state index in [-0.39, 0.29) is 24.8 Å². The van der Waals surface area contributed by atoms with Crippen LogP contribution in [-0.2, 0) is 27.3 Å². The highest BCUT2D eigenvalue weighted by Crippen LogP contribution is 2.27. The Morgan fingerprint density at radius 2 is 1.79 bits per heavy atom. The first-order valence-corrected chi connectivity index (χ1v) is 13.3. The molecule has 0 radical (unpaired) electrons. The second-order valence-electron chi connectivity index (χ2n) is 9.71. The SMILES string of the molecule is CN(Cc1ccccc1)C(=O)CC1(COc2ccc(Cl)cc2)CN(C(=O)CCCc2ccncc2)CCO1. The Hall–Kier alpha value is -3.42. The summed E-state index contributed by atoms with van der Waals surface area (Å²) in [5, 5.41) is 0.613. The highest BCUT2D eigenvalue weighted by molar-refractivity contribution is 6.30. The van der Waals surface area contributed by atoms with Crippen LogP contribution in [0.2, 0.25) is 5.02 Å². The second kappa shape index (κ2) is 13.4. The molecule has 0 bridgehead atoms. The van der Waals surface area contributed by atoms with Crippen molar-refractivity contribution in [1.29, 1.82) is 0 Å². The van der Waals surface area contributed by atoms with E-state index in [1.807, 2.05) is 47.4 Å². The molecule has 1 aliphatic heterocycles. The Labute approximate surface area is 229 Å². The van der Waals surface area contributed by atoms with Gasteiger partial charge in [-0.05, 0) is 60.4 Å². The fourth-order valence-electron chi connectivity index (χ4n) is 4.56. The lowest BCUT2D eigenvalue weighted by Crippen LogP contribution is -2.58. The fourth-order valence-corrected chi connectivity index (χ4v) is 4.68. The van der Waals surface area contributed by atoms with E-state index in [2.05, 4.69) is 4.98 Å². The van der Waals surface area contributed by atoms with Gasteiger partial charge in [0.25, 0.3) is 0 Å². The van der Waals surface area contributed by atoms with Crippen LogP contribution in [0.5, 0.6) is 5.75 Å². The van der Waals surface area contributed by atoms with Crippen LogP contribution in [0.25, 0.3) is 0 Å². The van der Waals surface area contributed by atoms with Crippen molar-refractivity contribution in [2.24, 2.45) is 0 Å². The Kier molecular flexibility index (Phi) is 9.73. The first-order chi connectivity index (χ1) is 18.4. The molecule has 0 aliphatic carbocycles. The van der Waals surface area contributed by atoms with Crippen molar-refractivity contribution in [2.75, 3.05) is 33.4 Å². The minimum absolute atomic E-state index is 0.0586. The molecule has 0 spiro atoms. The number of aromatic nitrogens is 1. The summed E-state index contributed by atoms with van der Waals surface area (Å²) < 4.78 is 12.3. The molecular formula is C30H34ClN3O4. The molecule has 8 heteroatoms. The van der Waals surface area contributed by atoms with E-state index in [0.717, 1.165) is 24.0 Å².